The van der Waals surface area contributed by atoms with Crippen molar-refractivity contribution in [3.63, 3.8) is 0 Å². The monoisotopic (exact) mass is 440 g/mol. The molecule has 27 heavy (non-hydrogen) atoms. The number of likely N-dealkylation sites (N-methyl/N-ethyl adjacent to an activating group) is 1. The fourth-order valence-electron chi connectivity index (χ4n) is 2.88. The maximum Gasteiger partial charge on any atom is 0.253 e. The second-order valence-electron chi connectivity index (χ2n) is 6.37. The predicted octanol–water partition coefficient (Wildman–Crippen LogP) is 1.72. The van der Waals surface area contributed by atoms with Crippen LogP contribution in [0, 0.1) is 0 Å². The van der Waals surface area contributed by atoms with Crippen LogP contribution in [0.1, 0.15) is 29.6 Å². The summed E-state index contributed by atoms with van der Waals surface area (Å²) in [5.74, 6) is -0.244. The van der Waals surface area contributed by atoms with Gasteiger partial charge in [0.1, 0.15) is 0 Å². The molecular formula is C17H30Cl2N4O3S. The van der Waals surface area contributed by atoms with Gasteiger partial charge < -0.3 is 15.5 Å². The third-order valence-electron chi connectivity index (χ3n) is 4.35. The Hall–Kier alpha value is -1.06. The van der Waals surface area contributed by atoms with Gasteiger partial charge in [0.05, 0.1) is 10.5 Å². The molecule has 2 rings (SSSR count). The van der Waals surface area contributed by atoms with E-state index in [4.69, 9.17) is 0 Å². The van der Waals surface area contributed by atoms with Gasteiger partial charge in [-0.1, -0.05) is 0 Å². The Bertz CT molecular complexity index is 708. The number of nitrogens with zero attached hydrogens (tertiary/aromatic N) is 2. The zero-order valence-electron chi connectivity index (χ0n) is 16.0. The molecule has 1 aliphatic heterocycles. The molecule has 0 bridgehead atoms. The zero-order valence-corrected chi connectivity index (χ0v) is 18.5. The summed E-state index contributed by atoms with van der Waals surface area (Å²) in [5.41, 5.74) is 1.22. The summed E-state index contributed by atoms with van der Waals surface area (Å²) in [6, 6.07) is 4.84. The number of carbonyl (C=O) groups excluding carboxylic acids is 1. The van der Waals surface area contributed by atoms with Crippen LogP contribution in [0.3, 0.4) is 0 Å². The molecule has 0 atom stereocenters. The minimum atomic E-state index is -3.58. The van der Waals surface area contributed by atoms with Crippen molar-refractivity contribution in [1.29, 1.82) is 0 Å². The Balaban J connectivity index is 0.00000338. The number of rotatable bonds is 7. The van der Waals surface area contributed by atoms with Gasteiger partial charge in [-0.05, 0) is 44.5 Å². The third kappa shape index (κ3) is 6.50. The van der Waals surface area contributed by atoms with E-state index >= 15 is 0 Å². The van der Waals surface area contributed by atoms with E-state index in [-0.39, 0.29) is 35.6 Å². The highest BCUT2D eigenvalue weighted by Gasteiger charge is 2.23. The summed E-state index contributed by atoms with van der Waals surface area (Å²) < 4.78 is 26.0. The van der Waals surface area contributed by atoms with Gasteiger partial charge >= 0.3 is 0 Å². The second-order valence-corrected chi connectivity index (χ2v) is 8.53. The van der Waals surface area contributed by atoms with E-state index in [9.17, 15) is 13.2 Å². The number of benzene rings is 1. The number of halogens is 2. The average Bonchev–Trinajstić information content (AvgIpc) is 2.62. The average molecular weight is 441 g/mol. The molecule has 0 unspecified atom stereocenters. The van der Waals surface area contributed by atoms with Crippen LogP contribution in [0.5, 0.6) is 0 Å². The van der Waals surface area contributed by atoms with Crippen LogP contribution >= 0.6 is 24.8 Å². The number of nitrogens with one attached hydrogen (secondary N) is 2. The van der Waals surface area contributed by atoms with E-state index in [1.54, 1.807) is 12.1 Å². The number of hydrogen-bond acceptors (Lipinski definition) is 5. The molecule has 0 saturated carbocycles. The van der Waals surface area contributed by atoms with Crippen molar-refractivity contribution in [2.75, 3.05) is 52.2 Å². The topological polar surface area (TPSA) is 81.7 Å². The molecule has 2 N–H and O–H groups in total. The highest BCUT2D eigenvalue weighted by Crippen LogP contribution is 2.27. The summed E-state index contributed by atoms with van der Waals surface area (Å²) in [6.45, 7) is 2.91. The van der Waals surface area contributed by atoms with Crippen molar-refractivity contribution in [3.8, 4) is 0 Å². The van der Waals surface area contributed by atoms with Gasteiger partial charge in [-0.25, -0.2) is 12.7 Å². The summed E-state index contributed by atoms with van der Waals surface area (Å²) in [6.07, 6.45) is 3.35. The minimum absolute atomic E-state index is 0. The number of sulfonamides is 1. The van der Waals surface area contributed by atoms with E-state index < -0.39 is 10.0 Å². The molecular weight excluding hydrogens is 411 g/mol. The SMILES string of the molecule is CNCCNC(=O)c1cc(S(=O)(=O)N(C)C)ccc1N1CCCCC1.Cl.Cl. The van der Waals surface area contributed by atoms with Gasteiger partial charge in [0.15, 0.2) is 0 Å². The van der Waals surface area contributed by atoms with E-state index in [1.165, 1.54) is 26.6 Å². The molecule has 1 amide bonds. The third-order valence-corrected chi connectivity index (χ3v) is 6.16. The molecule has 1 aromatic carbocycles. The van der Waals surface area contributed by atoms with Crippen LogP contribution in [0.2, 0.25) is 0 Å². The molecule has 0 radical (unpaired) electrons. The molecule has 0 aliphatic carbocycles. The van der Waals surface area contributed by atoms with Crippen molar-refractivity contribution in [3.05, 3.63) is 23.8 Å². The first kappa shape index (κ1) is 25.9. The molecule has 0 spiro atoms. The lowest BCUT2D eigenvalue weighted by Crippen LogP contribution is -2.35. The molecule has 7 nitrogen and oxygen atoms in total. The van der Waals surface area contributed by atoms with Crippen molar-refractivity contribution in [2.24, 2.45) is 0 Å². The first-order valence-corrected chi connectivity index (χ1v) is 10.1. The highest BCUT2D eigenvalue weighted by molar-refractivity contribution is 7.89. The minimum Gasteiger partial charge on any atom is -0.371 e. The second kappa shape index (κ2) is 11.7. The molecule has 0 aromatic heterocycles. The van der Waals surface area contributed by atoms with Crippen LogP contribution in [0.15, 0.2) is 23.1 Å². The molecule has 1 aromatic rings. The van der Waals surface area contributed by atoms with E-state index in [1.807, 2.05) is 7.05 Å². The predicted molar refractivity (Wildman–Crippen MR) is 114 cm³/mol. The molecule has 1 aliphatic rings. The molecule has 156 valence electrons. The lowest BCUT2D eigenvalue weighted by atomic mass is 10.1. The summed E-state index contributed by atoms with van der Waals surface area (Å²) >= 11 is 0. The lowest BCUT2D eigenvalue weighted by Gasteiger charge is -2.30. The Labute approximate surface area is 174 Å². The fraction of sp³-hybridized carbons (Fsp3) is 0.588. The number of hydrogen-bond donors (Lipinski definition) is 2. The Morgan fingerprint density at radius 3 is 2.30 bits per heavy atom. The molecule has 1 fully saturated rings. The fourth-order valence-corrected chi connectivity index (χ4v) is 3.80. The molecule has 10 heteroatoms. The summed E-state index contributed by atoms with van der Waals surface area (Å²) in [4.78, 5) is 15.0. The van der Waals surface area contributed by atoms with E-state index in [2.05, 4.69) is 15.5 Å². The Morgan fingerprint density at radius 2 is 1.74 bits per heavy atom. The smallest absolute Gasteiger partial charge is 0.253 e. The van der Waals surface area contributed by atoms with Crippen molar-refractivity contribution < 1.29 is 13.2 Å². The van der Waals surface area contributed by atoms with Crippen molar-refractivity contribution >= 4 is 46.4 Å². The van der Waals surface area contributed by atoms with Gasteiger partial charge in [-0.2, -0.15) is 0 Å². The number of piperidine rings is 1. The molecule has 1 heterocycles. The standard InChI is InChI=1S/C17H28N4O3S.2ClH/c1-18-9-10-19-17(22)15-13-14(25(23,24)20(2)3)7-8-16(15)21-11-5-4-6-12-21;;/h7-8,13,18H,4-6,9-12H2,1-3H3,(H,19,22);2*1H. The van der Waals surface area contributed by atoms with Gasteiger partial charge in [0.25, 0.3) is 5.91 Å². The van der Waals surface area contributed by atoms with Crippen LogP contribution in [-0.4, -0.2) is 66.0 Å². The van der Waals surface area contributed by atoms with E-state index in [0.717, 1.165) is 35.9 Å². The summed E-state index contributed by atoms with van der Waals surface area (Å²) in [7, 11) is 1.21. The first-order chi connectivity index (χ1) is 11.9. The van der Waals surface area contributed by atoms with Gasteiger partial charge in [-0.3, -0.25) is 4.79 Å². The maximum atomic E-state index is 12.7. The molecule has 1 saturated heterocycles. The van der Waals surface area contributed by atoms with Gasteiger partial charge in [-0.15, -0.1) is 24.8 Å². The largest absolute Gasteiger partial charge is 0.371 e. The van der Waals surface area contributed by atoms with Gasteiger partial charge in [0, 0.05) is 46.0 Å². The van der Waals surface area contributed by atoms with E-state index in [0.29, 0.717) is 18.7 Å². The zero-order chi connectivity index (χ0) is 18.4. The number of anilines is 1. The van der Waals surface area contributed by atoms with Crippen LogP contribution < -0.4 is 15.5 Å². The first-order valence-electron chi connectivity index (χ1n) is 8.62. The van der Waals surface area contributed by atoms with Crippen LogP contribution in [0.25, 0.3) is 0 Å². The van der Waals surface area contributed by atoms with Crippen LogP contribution in [-0.2, 0) is 10.0 Å². The number of carbonyl (C=O) groups is 1. The highest BCUT2D eigenvalue weighted by atomic mass is 35.5. The lowest BCUT2D eigenvalue weighted by molar-refractivity contribution is 0.0954. The maximum absolute atomic E-state index is 12.7. The summed E-state index contributed by atoms with van der Waals surface area (Å²) in [5, 5.41) is 5.83. The number of amides is 1. The normalized spacial score (nSPS) is 14.3. The van der Waals surface area contributed by atoms with Crippen molar-refractivity contribution in [2.45, 2.75) is 24.2 Å². The quantitative estimate of drug-likeness (QED) is 0.630. The van der Waals surface area contributed by atoms with Gasteiger partial charge in [0.2, 0.25) is 10.0 Å². The Morgan fingerprint density at radius 1 is 1.11 bits per heavy atom. The van der Waals surface area contributed by atoms with Crippen molar-refractivity contribution in [1.82, 2.24) is 14.9 Å². The Kier molecular flexibility index (Phi) is 11.2. The van der Waals surface area contributed by atoms with Crippen LogP contribution in [0.4, 0.5) is 5.69 Å².